The van der Waals surface area contributed by atoms with E-state index in [1.165, 1.54) is 34.4 Å². The van der Waals surface area contributed by atoms with Gasteiger partial charge in [-0.05, 0) is 34.4 Å². The summed E-state index contributed by atoms with van der Waals surface area (Å²) < 4.78 is 43.8. The lowest BCUT2D eigenvalue weighted by atomic mass is 9.98. The quantitative estimate of drug-likeness (QED) is 0.0767. The summed E-state index contributed by atoms with van der Waals surface area (Å²) in [5.41, 5.74) is 4.77. The minimum Gasteiger partial charge on any atom is -0.491 e. The Labute approximate surface area is 280 Å². The molecule has 0 heterocycles. The molecule has 0 aliphatic heterocycles. The molecular weight excluding hydrogens is 624 g/mol. The molecular formula is C35H44N2O11. The number of nitrogens with one attached hydrogen (secondary N) is 1. The van der Waals surface area contributed by atoms with Crippen molar-refractivity contribution >= 4 is 11.8 Å². The molecule has 3 aromatic rings. The van der Waals surface area contributed by atoms with Crippen LogP contribution in [0.2, 0.25) is 0 Å². The predicted molar refractivity (Wildman–Crippen MR) is 177 cm³/mol. The summed E-state index contributed by atoms with van der Waals surface area (Å²) in [7, 11) is 0. The largest absolute Gasteiger partial charge is 0.491 e. The van der Waals surface area contributed by atoms with Gasteiger partial charge in [-0.25, -0.2) is 4.79 Å². The minimum absolute atomic E-state index is 0.0218. The Kier molecular flexibility index (Phi) is 16.6. The van der Waals surface area contributed by atoms with Crippen LogP contribution in [0.5, 0.6) is 5.75 Å². The Morgan fingerprint density at radius 1 is 0.604 bits per heavy atom. The smallest absolute Gasteiger partial charge is 0.407 e. The van der Waals surface area contributed by atoms with Crippen LogP contribution in [0.3, 0.4) is 0 Å². The Bertz CT molecular complexity index is 1330. The summed E-state index contributed by atoms with van der Waals surface area (Å²) in [5.74, 6) is 0.583. The second-order valence-electron chi connectivity index (χ2n) is 10.5. The maximum Gasteiger partial charge on any atom is 0.407 e. The van der Waals surface area contributed by atoms with Gasteiger partial charge in [-0.15, -0.1) is 0 Å². The van der Waals surface area contributed by atoms with E-state index >= 15 is 0 Å². The number of amides is 1. The van der Waals surface area contributed by atoms with E-state index in [4.69, 9.17) is 37.9 Å². The lowest BCUT2D eigenvalue weighted by Gasteiger charge is -2.14. The van der Waals surface area contributed by atoms with E-state index in [1.54, 1.807) is 12.1 Å². The van der Waals surface area contributed by atoms with Gasteiger partial charge in [-0.1, -0.05) is 48.5 Å². The fourth-order valence-electron chi connectivity index (χ4n) is 4.96. The molecule has 0 aromatic heterocycles. The van der Waals surface area contributed by atoms with E-state index < -0.39 is 11.0 Å². The van der Waals surface area contributed by atoms with Crippen LogP contribution in [-0.4, -0.2) is 110 Å². The summed E-state index contributed by atoms with van der Waals surface area (Å²) in [5, 5.41) is 13.4. The minimum atomic E-state index is -0.460. The van der Waals surface area contributed by atoms with E-state index in [0.717, 1.165) is 0 Å². The molecule has 1 amide bonds. The van der Waals surface area contributed by atoms with Gasteiger partial charge in [-0.3, -0.25) is 10.1 Å². The Balaban J connectivity index is 0.853. The van der Waals surface area contributed by atoms with Crippen molar-refractivity contribution in [3.05, 3.63) is 94.0 Å². The van der Waals surface area contributed by atoms with Crippen molar-refractivity contribution in [2.75, 3.05) is 99.0 Å². The number of fused-ring (bicyclic) bond motifs is 3. The number of non-ortho nitro benzene ring substituents is 1. The number of alkyl carbamates (subject to hydrolysis) is 1. The van der Waals surface area contributed by atoms with Crippen LogP contribution in [0.25, 0.3) is 11.1 Å². The normalized spacial score (nSPS) is 12.0. The van der Waals surface area contributed by atoms with Crippen LogP contribution < -0.4 is 10.1 Å². The zero-order valence-corrected chi connectivity index (χ0v) is 27.1. The number of nitro benzene ring substituents is 1. The first-order chi connectivity index (χ1) is 23.6. The maximum atomic E-state index is 12.2. The summed E-state index contributed by atoms with van der Waals surface area (Å²) >= 11 is 0. The Morgan fingerprint density at radius 2 is 1.04 bits per heavy atom. The highest BCUT2D eigenvalue weighted by Gasteiger charge is 2.28. The van der Waals surface area contributed by atoms with Crippen LogP contribution in [0.4, 0.5) is 10.5 Å². The molecule has 0 spiro atoms. The third kappa shape index (κ3) is 12.8. The first kappa shape index (κ1) is 36.7. The molecule has 13 heteroatoms. The molecule has 1 aliphatic carbocycles. The fraction of sp³-hybridized carbons (Fsp3) is 0.457. The van der Waals surface area contributed by atoms with E-state index in [9.17, 15) is 14.9 Å². The number of rotatable bonds is 25. The number of hydrogen-bond donors (Lipinski definition) is 1. The molecule has 0 radical (unpaired) electrons. The average Bonchev–Trinajstić information content (AvgIpc) is 3.43. The highest BCUT2D eigenvalue weighted by Crippen LogP contribution is 2.44. The summed E-state index contributed by atoms with van der Waals surface area (Å²) in [6.07, 6.45) is -0.460. The molecule has 0 saturated carbocycles. The van der Waals surface area contributed by atoms with Crippen LogP contribution >= 0.6 is 0 Å². The molecule has 1 aliphatic rings. The van der Waals surface area contributed by atoms with E-state index in [-0.39, 0.29) is 18.2 Å². The Hall–Kier alpha value is -4.11. The van der Waals surface area contributed by atoms with Gasteiger partial charge in [-0.2, -0.15) is 0 Å². The molecule has 48 heavy (non-hydrogen) atoms. The van der Waals surface area contributed by atoms with Gasteiger partial charge in [0.25, 0.3) is 5.69 Å². The van der Waals surface area contributed by atoms with Gasteiger partial charge in [0.1, 0.15) is 19.0 Å². The van der Waals surface area contributed by atoms with Crippen LogP contribution in [0.1, 0.15) is 17.0 Å². The SMILES string of the molecule is O=C(NCCOCCOCCOCCOCCOCCOCCOc1ccc([N+](=O)[O-])cc1)OCC1c2ccccc2-c2ccccc21. The van der Waals surface area contributed by atoms with Crippen LogP contribution in [0, 0.1) is 10.1 Å². The van der Waals surface area contributed by atoms with Crippen molar-refractivity contribution in [3.63, 3.8) is 0 Å². The predicted octanol–water partition coefficient (Wildman–Crippen LogP) is 4.61. The molecule has 4 rings (SSSR count). The standard InChI is InChI=1S/C35H44N2O11/c38-35(48-27-34-32-7-3-1-5-30(32)31-6-2-4-8-33(31)34)36-13-14-41-15-16-42-17-18-43-19-20-44-21-22-45-23-24-46-25-26-47-29-11-9-28(10-12-29)37(39)40/h1-12,34H,13-27H2,(H,36,38). The van der Waals surface area contributed by atoms with E-state index in [1.807, 2.05) is 24.3 Å². The van der Waals surface area contributed by atoms with Gasteiger partial charge < -0.3 is 43.2 Å². The van der Waals surface area contributed by atoms with Crippen molar-refractivity contribution in [1.29, 1.82) is 0 Å². The van der Waals surface area contributed by atoms with Crippen molar-refractivity contribution in [2.45, 2.75) is 5.92 Å². The number of carbonyl (C=O) groups is 1. The van der Waals surface area contributed by atoms with Crippen molar-refractivity contribution in [1.82, 2.24) is 5.32 Å². The zero-order chi connectivity index (χ0) is 33.7. The second-order valence-corrected chi connectivity index (χ2v) is 10.5. The monoisotopic (exact) mass is 668 g/mol. The average molecular weight is 669 g/mol. The molecule has 0 unspecified atom stereocenters. The number of hydrogen-bond acceptors (Lipinski definition) is 11. The van der Waals surface area contributed by atoms with Gasteiger partial charge in [0.2, 0.25) is 0 Å². The number of carbonyl (C=O) groups excluding carboxylic acids is 1. The zero-order valence-electron chi connectivity index (χ0n) is 27.1. The van der Waals surface area contributed by atoms with Crippen molar-refractivity contribution in [3.8, 4) is 16.9 Å². The summed E-state index contributed by atoms with van der Waals surface area (Å²) in [4.78, 5) is 22.4. The fourth-order valence-corrected chi connectivity index (χ4v) is 4.96. The lowest BCUT2D eigenvalue weighted by molar-refractivity contribution is -0.384. The van der Waals surface area contributed by atoms with Crippen molar-refractivity contribution < 1.29 is 47.6 Å². The highest BCUT2D eigenvalue weighted by molar-refractivity contribution is 5.79. The van der Waals surface area contributed by atoms with Gasteiger partial charge in [0, 0.05) is 24.6 Å². The highest BCUT2D eigenvalue weighted by atomic mass is 16.6. The first-order valence-corrected chi connectivity index (χ1v) is 16.1. The third-order valence-corrected chi connectivity index (χ3v) is 7.26. The number of ether oxygens (including phenoxy) is 8. The molecule has 1 N–H and O–H groups in total. The maximum absolute atomic E-state index is 12.2. The number of nitrogens with zero attached hydrogens (tertiary/aromatic N) is 1. The first-order valence-electron chi connectivity index (χ1n) is 16.1. The molecule has 0 saturated heterocycles. The van der Waals surface area contributed by atoms with Crippen LogP contribution in [0.15, 0.2) is 72.8 Å². The molecule has 0 fully saturated rings. The summed E-state index contributed by atoms with van der Waals surface area (Å²) in [6.45, 7) is 6.14. The van der Waals surface area contributed by atoms with Gasteiger partial charge >= 0.3 is 6.09 Å². The second kappa shape index (κ2) is 21.7. The number of nitro groups is 1. The van der Waals surface area contributed by atoms with Gasteiger partial charge in [0.15, 0.2) is 0 Å². The molecule has 3 aromatic carbocycles. The lowest BCUT2D eigenvalue weighted by Crippen LogP contribution is -2.29. The third-order valence-electron chi connectivity index (χ3n) is 7.26. The van der Waals surface area contributed by atoms with E-state index in [2.05, 4.69) is 29.6 Å². The topological polar surface area (TPSA) is 146 Å². The molecule has 13 nitrogen and oxygen atoms in total. The molecule has 260 valence electrons. The molecule has 0 atom stereocenters. The van der Waals surface area contributed by atoms with Gasteiger partial charge in [0.05, 0.1) is 84.2 Å². The van der Waals surface area contributed by atoms with Crippen LogP contribution in [-0.2, 0) is 33.2 Å². The van der Waals surface area contributed by atoms with E-state index in [0.29, 0.717) is 98.2 Å². The van der Waals surface area contributed by atoms with Crippen molar-refractivity contribution in [2.24, 2.45) is 0 Å². The summed E-state index contributed by atoms with van der Waals surface area (Å²) in [6, 6.07) is 22.4. The Morgan fingerprint density at radius 3 is 1.52 bits per heavy atom. The molecule has 0 bridgehead atoms. The number of benzene rings is 3.